The van der Waals surface area contributed by atoms with Gasteiger partial charge in [0.25, 0.3) is 0 Å². The van der Waals surface area contributed by atoms with Gasteiger partial charge < -0.3 is 15.2 Å². The van der Waals surface area contributed by atoms with Crippen molar-refractivity contribution in [2.75, 3.05) is 13.1 Å². The third-order valence-electron chi connectivity index (χ3n) is 4.79. The van der Waals surface area contributed by atoms with Crippen molar-refractivity contribution >= 4 is 21.9 Å². The molecule has 1 saturated heterocycles. The maximum absolute atomic E-state index is 12.7. The molecule has 8 heteroatoms. The van der Waals surface area contributed by atoms with Gasteiger partial charge in [0.05, 0.1) is 16.9 Å². The summed E-state index contributed by atoms with van der Waals surface area (Å²) in [6.45, 7) is 6.09. The number of piperidine rings is 1. The number of carboxylic acids is 1. The molecule has 0 aromatic heterocycles. The molecule has 0 aliphatic carbocycles. The van der Waals surface area contributed by atoms with E-state index in [0.717, 1.165) is 5.56 Å². The molecular formula is C19H27N2O5S-. The lowest BCUT2D eigenvalue weighted by atomic mass is 9.96. The Hall–Kier alpha value is -1.93. The number of sulfonamides is 1. The first-order chi connectivity index (χ1) is 12.6. The van der Waals surface area contributed by atoms with Crippen molar-refractivity contribution in [3.05, 3.63) is 29.8 Å². The molecule has 1 N–H and O–H groups in total. The molecular weight excluding hydrogens is 368 g/mol. The molecule has 27 heavy (non-hydrogen) atoms. The smallest absolute Gasteiger partial charge is 0.243 e. The second-order valence-electron chi connectivity index (χ2n) is 7.50. The number of hydrogen-bond acceptors (Lipinski definition) is 5. The highest BCUT2D eigenvalue weighted by molar-refractivity contribution is 7.89. The highest BCUT2D eigenvalue weighted by atomic mass is 32.2. The van der Waals surface area contributed by atoms with Crippen LogP contribution in [0.1, 0.15) is 38.7 Å². The Morgan fingerprint density at radius 2 is 1.74 bits per heavy atom. The molecule has 1 heterocycles. The molecule has 0 saturated carbocycles. The number of amides is 1. The average Bonchev–Trinajstić information content (AvgIpc) is 2.61. The molecule has 1 aromatic rings. The molecule has 1 aromatic carbocycles. The van der Waals surface area contributed by atoms with E-state index in [2.05, 4.69) is 5.32 Å². The lowest BCUT2D eigenvalue weighted by Gasteiger charge is -2.32. The Labute approximate surface area is 160 Å². The molecule has 1 aliphatic heterocycles. The third-order valence-corrected chi connectivity index (χ3v) is 6.70. The van der Waals surface area contributed by atoms with Gasteiger partial charge in [-0.15, -0.1) is 0 Å². The van der Waals surface area contributed by atoms with E-state index in [0.29, 0.717) is 19.3 Å². The minimum atomic E-state index is -3.58. The molecule has 2 rings (SSSR count). The number of carboxylic acid groups (broad SMARTS) is 1. The van der Waals surface area contributed by atoms with Crippen molar-refractivity contribution in [3.63, 3.8) is 0 Å². The van der Waals surface area contributed by atoms with Crippen molar-refractivity contribution < 1.29 is 23.1 Å². The van der Waals surface area contributed by atoms with Crippen molar-refractivity contribution in [2.24, 2.45) is 11.8 Å². The Balaban J connectivity index is 1.96. The number of benzene rings is 1. The number of aliphatic carboxylic acids is 1. The van der Waals surface area contributed by atoms with Crippen molar-refractivity contribution in [1.29, 1.82) is 0 Å². The van der Waals surface area contributed by atoms with Gasteiger partial charge in [0.1, 0.15) is 0 Å². The fourth-order valence-electron chi connectivity index (χ4n) is 3.19. The fraction of sp³-hybridized carbons (Fsp3) is 0.579. The van der Waals surface area contributed by atoms with Crippen molar-refractivity contribution in [3.8, 4) is 0 Å². The monoisotopic (exact) mass is 395 g/mol. The minimum absolute atomic E-state index is 0.106. The lowest BCUT2D eigenvalue weighted by Crippen LogP contribution is -2.51. The predicted molar refractivity (Wildman–Crippen MR) is 99.1 cm³/mol. The standard InChI is InChI=1S/C19H28N2O5S/c1-13(2)12-17(19(23)24)20-18(22)15-8-10-21(11-9-15)27(25,26)16-6-4-14(3)5-7-16/h4-7,13,15,17H,8-12H2,1-3H3,(H,20,22)(H,23,24)/p-1/t17-/m0/s1. The van der Waals surface area contributed by atoms with Crippen LogP contribution < -0.4 is 10.4 Å². The Morgan fingerprint density at radius 3 is 2.22 bits per heavy atom. The maximum atomic E-state index is 12.7. The average molecular weight is 396 g/mol. The van der Waals surface area contributed by atoms with Crippen molar-refractivity contribution in [1.82, 2.24) is 9.62 Å². The Bertz CT molecular complexity index is 766. The van der Waals surface area contributed by atoms with E-state index in [9.17, 15) is 23.1 Å². The van der Waals surface area contributed by atoms with E-state index >= 15 is 0 Å². The van der Waals surface area contributed by atoms with Crippen LogP contribution in [0.3, 0.4) is 0 Å². The number of hydrogen-bond donors (Lipinski definition) is 1. The number of rotatable bonds is 7. The quantitative estimate of drug-likeness (QED) is 0.730. The van der Waals surface area contributed by atoms with Crippen LogP contribution in [-0.4, -0.2) is 43.7 Å². The Kier molecular flexibility index (Phi) is 7.00. The van der Waals surface area contributed by atoms with Crippen LogP contribution in [0, 0.1) is 18.8 Å². The molecule has 0 radical (unpaired) electrons. The zero-order chi connectivity index (χ0) is 20.2. The molecule has 0 spiro atoms. The largest absolute Gasteiger partial charge is 0.548 e. The summed E-state index contributed by atoms with van der Waals surface area (Å²) in [5.74, 6) is -1.94. The van der Waals surface area contributed by atoms with E-state index < -0.39 is 28.0 Å². The molecule has 150 valence electrons. The molecule has 7 nitrogen and oxygen atoms in total. The molecule has 1 fully saturated rings. The molecule has 1 atom stereocenters. The Morgan fingerprint density at radius 1 is 1.19 bits per heavy atom. The predicted octanol–water partition coefficient (Wildman–Crippen LogP) is 0.677. The van der Waals surface area contributed by atoms with Gasteiger partial charge in [-0.3, -0.25) is 4.79 Å². The summed E-state index contributed by atoms with van der Waals surface area (Å²) in [5.41, 5.74) is 0.980. The zero-order valence-electron chi connectivity index (χ0n) is 16.0. The molecule has 0 unspecified atom stereocenters. The normalized spacial score (nSPS) is 17.6. The minimum Gasteiger partial charge on any atom is -0.548 e. The van der Waals surface area contributed by atoms with E-state index in [-0.39, 0.29) is 29.8 Å². The highest BCUT2D eigenvalue weighted by Gasteiger charge is 2.32. The topological polar surface area (TPSA) is 107 Å². The van der Waals surface area contributed by atoms with E-state index in [1.165, 1.54) is 4.31 Å². The second-order valence-corrected chi connectivity index (χ2v) is 9.44. The molecule has 1 aliphatic rings. The van der Waals surface area contributed by atoms with Crippen LogP contribution in [0.15, 0.2) is 29.2 Å². The molecule has 0 bridgehead atoms. The SMILES string of the molecule is Cc1ccc(S(=O)(=O)N2CCC(C(=O)N[C@@H](CC(C)C)C(=O)[O-])CC2)cc1. The zero-order valence-corrected chi connectivity index (χ0v) is 16.8. The van der Waals surface area contributed by atoms with Crippen molar-refractivity contribution in [2.45, 2.75) is 51.0 Å². The van der Waals surface area contributed by atoms with Gasteiger partial charge in [0.2, 0.25) is 15.9 Å². The van der Waals surface area contributed by atoms with Gasteiger partial charge in [-0.05, 0) is 44.2 Å². The van der Waals surface area contributed by atoms with Crippen LogP contribution in [0.5, 0.6) is 0 Å². The van der Waals surface area contributed by atoms with Gasteiger partial charge in [0.15, 0.2) is 0 Å². The number of carbonyl (C=O) groups is 2. The van der Waals surface area contributed by atoms with E-state index in [4.69, 9.17) is 0 Å². The van der Waals surface area contributed by atoms with Crippen LogP contribution in [0.2, 0.25) is 0 Å². The van der Waals surface area contributed by atoms with Gasteiger partial charge >= 0.3 is 0 Å². The summed E-state index contributed by atoms with van der Waals surface area (Å²) < 4.78 is 26.8. The van der Waals surface area contributed by atoms with E-state index in [1.807, 2.05) is 20.8 Å². The van der Waals surface area contributed by atoms with Gasteiger partial charge in [-0.25, -0.2) is 8.42 Å². The first kappa shape index (κ1) is 21.4. The summed E-state index contributed by atoms with van der Waals surface area (Å²) in [6.07, 6.45) is 1.02. The summed E-state index contributed by atoms with van der Waals surface area (Å²) in [7, 11) is -3.58. The van der Waals surface area contributed by atoms with E-state index in [1.54, 1.807) is 24.3 Å². The summed E-state index contributed by atoms with van der Waals surface area (Å²) >= 11 is 0. The summed E-state index contributed by atoms with van der Waals surface area (Å²) in [5, 5.41) is 13.7. The van der Waals surface area contributed by atoms with Crippen LogP contribution >= 0.6 is 0 Å². The maximum Gasteiger partial charge on any atom is 0.243 e. The number of carbonyl (C=O) groups excluding carboxylic acids is 2. The number of nitrogens with zero attached hydrogens (tertiary/aromatic N) is 1. The fourth-order valence-corrected chi connectivity index (χ4v) is 4.66. The summed E-state index contributed by atoms with van der Waals surface area (Å²) in [6, 6.07) is 5.65. The van der Waals surface area contributed by atoms with Gasteiger partial charge in [-0.1, -0.05) is 31.5 Å². The third kappa shape index (κ3) is 5.52. The van der Waals surface area contributed by atoms with Crippen LogP contribution in [0.4, 0.5) is 0 Å². The lowest BCUT2D eigenvalue weighted by molar-refractivity contribution is -0.308. The first-order valence-corrected chi connectivity index (χ1v) is 10.6. The van der Waals surface area contributed by atoms with Gasteiger partial charge in [0, 0.05) is 19.0 Å². The van der Waals surface area contributed by atoms with Gasteiger partial charge in [-0.2, -0.15) is 4.31 Å². The number of aryl methyl sites for hydroxylation is 1. The van der Waals surface area contributed by atoms with Crippen LogP contribution in [-0.2, 0) is 19.6 Å². The number of nitrogens with one attached hydrogen (secondary N) is 1. The second kappa shape index (κ2) is 8.84. The first-order valence-electron chi connectivity index (χ1n) is 9.19. The highest BCUT2D eigenvalue weighted by Crippen LogP contribution is 2.24. The van der Waals surface area contributed by atoms with Crippen LogP contribution in [0.25, 0.3) is 0 Å². The summed E-state index contributed by atoms with van der Waals surface area (Å²) in [4.78, 5) is 23.8. The molecule has 1 amide bonds.